The minimum Gasteiger partial charge on any atom is -0.350 e. The average Bonchev–Trinajstić information content (AvgIpc) is 2.09. The van der Waals surface area contributed by atoms with Gasteiger partial charge in [-0.15, -0.1) is 0 Å². The minimum atomic E-state index is -0.270. The molecule has 0 aromatic heterocycles. The molecule has 94 valence electrons. The van der Waals surface area contributed by atoms with E-state index < -0.39 is 0 Å². The highest BCUT2D eigenvalue weighted by Crippen LogP contribution is 2.11. The van der Waals surface area contributed by atoms with Gasteiger partial charge in [0.05, 0.1) is 11.4 Å². The average molecular weight is 293 g/mol. The maximum atomic E-state index is 11.5. The fourth-order valence-electron chi connectivity index (χ4n) is 1.03. The number of nitrogens with one attached hydrogen (secondary N) is 2. The third-order valence-corrected chi connectivity index (χ3v) is 3.25. The summed E-state index contributed by atoms with van der Waals surface area (Å²) in [6, 6.07) is 0. The van der Waals surface area contributed by atoms with Gasteiger partial charge in [-0.3, -0.25) is 9.59 Å². The Hall–Kier alpha value is -0.580. The summed E-state index contributed by atoms with van der Waals surface area (Å²) >= 11 is 3.28. The molecule has 0 aromatic rings. The largest absolute Gasteiger partial charge is 0.350 e. The summed E-state index contributed by atoms with van der Waals surface area (Å²) in [6.07, 6.45) is 0. The number of amides is 2. The minimum absolute atomic E-state index is 0.0188. The van der Waals surface area contributed by atoms with Gasteiger partial charge in [-0.1, -0.05) is 29.8 Å². The van der Waals surface area contributed by atoms with Crippen molar-refractivity contribution in [3.05, 3.63) is 0 Å². The van der Waals surface area contributed by atoms with Gasteiger partial charge in [0.25, 0.3) is 0 Å². The monoisotopic (exact) mass is 292 g/mol. The van der Waals surface area contributed by atoms with E-state index in [0.29, 0.717) is 0 Å². The van der Waals surface area contributed by atoms with Gasteiger partial charge in [0, 0.05) is 5.54 Å². The zero-order valence-electron chi connectivity index (χ0n) is 10.6. The third-order valence-electron chi connectivity index (χ3n) is 1.77. The van der Waals surface area contributed by atoms with Gasteiger partial charge >= 0.3 is 0 Å². The fourth-order valence-corrected chi connectivity index (χ4v) is 1.19. The maximum Gasteiger partial charge on any atom is 0.239 e. The molecule has 0 aliphatic rings. The summed E-state index contributed by atoms with van der Waals surface area (Å²) in [7, 11) is 0. The van der Waals surface area contributed by atoms with Crippen molar-refractivity contribution in [3.63, 3.8) is 0 Å². The molecule has 0 fully saturated rings. The molecular weight excluding hydrogens is 272 g/mol. The van der Waals surface area contributed by atoms with Crippen LogP contribution in [0.15, 0.2) is 0 Å². The number of carbonyl (C=O) groups excluding carboxylic acids is 2. The first-order valence-electron chi connectivity index (χ1n) is 5.36. The molecule has 0 spiro atoms. The van der Waals surface area contributed by atoms with Crippen molar-refractivity contribution in [1.29, 1.82) is 0 Å². The van der Waals surface area contributed by atoms with Crippen LogP contribution in [0.25, 0.3) is 0 Å². The molecule has 0 rings (SSSR count). The van der Waals surface area contributed by atoms with Crippen LogP contribution in [-0.2, 0) is 9.59 Å². The van der Waals surface area contributed by atoms with Crippen molar-refractivity contribution in [2.24, 2.45) is 5.92 Å². The van der Waals surface area contributed by atoms with Crippen LogP contribution >= 0.6 is 15.9 Å². The SMILES string of the molecule is CC(C)C(Br)C(=O)NCC(=O)NC(C)(C)C. The molecule has 1 atom stereocenters. The van der Waals surface area contributed by atoms with Crippen LogP contribution in [0.3, 0.4) is 0 Å². The number of rotatable bonds is 4. The van der Waals surface area contributed by atoms with Crippen LogP contribution in [0.2, 0.25) is 0 Å². The predicted octanol–water partition coefficient (Wildman–Crippen LogP) is 1.44. The van der Waals surface area contributed by atoms with Crippen molar-refractivity contribution in [3.8, 4) is 0 Å². The number of carbonyl (C=O) groups is 2. The molecule has 0 aromatic carbocycles. The van der Waals surface area contributed by atoms with Crippen molar-refractivity contribution in [2.45, 2.75) is 45.0 Å². The van der Waals surface area contributed by atoms with E-state index in [-0.39, 0.29) is 34.6 Å². The first-order chi connectivity index (χ1) is 7.13. The van der Waals surface area contributed by atoms with E-state index in [1.54, 1.807) is 0 Å². The summed E-state index contributed by atoms with van der Waals surface area (Å²) in [4.78, 5) is 22.7. The van der Waals surface area contributed by atoms with Gasteiger partial charge < -0.3 is 10.6 Å². The van der Waals surface area contributed by atoms with Crippen LogP contribution in [0.1, 0.15) is 34.6 Å². The quantitative estimate of drug-likeness (QED) is 0.771. The highest BCUT2D eigenvalue weighted by molar-refractivity contribution is 9.10. The molecule has 5 heteroatoms. The van der Waals surface area contributed by atoms with Crippen LogP contribution in [0, 0.1) is 5.92 Å². The highest BCUT2D eigenvalue weighted by Gasteiger charge is 2.20. The first kappa shape index (κ1) is 15.4. The summed E-state index contributed by atoms with van der Waals surface area (Å²) in [5, 5.41) is 5.36. The molecule has 0 heterocycles. The van der Waals surface area contributed by atoms with Gasteiger partial charge in [-0.2, -0.15) is 0 Å². The second kappa shape index (κ2) is 6.23. The molecule has 1 unspecified atom stereocenters. The Morgan fingerprint density at radius 2 is 1.75 bits per heavy atom. The molecular formula is C11H21BrN2O2. The second-order valence-electron chi connectivity index (χ2n) is 5.16. The van der Waals surface area contributed by atoms with Crippen LogP contribution in [0.5, 0.6) is 0 Å². The molecule has 0 aliphatic carbocycles. The summed E-state index contributed by atoms with van der Waals surface area (Å²) < 4.78 is 0. The molecule has 2 N–H and O–H groups in total. The summed E-state index contributed by atoms with van der Waals surface area (Å²) in [5.74, 6) is -0.131. The van der Waals surface area contributed by atoms with E-state index in [1.807, 2.05) is 34.6 Å². The van der Waals surface area contributed by atoms with Gasteiger partial charge in [0.1, 0.15) is 0 Å². The van der Waals surface area contributed by atoms with E-state index in [0.717, 1.165) is 0 Å². The van der Waals surface area contributed by atoms with Crippen molar-refractivity contribution in [2.75, 3.05) is 6.54 Å². The lowest BCUT2D eigenvalue weighted by Crippen LogP contribution is -2.47. The molecule has 16 heavy (non-hydrogen) atoms. The standard InChI is InChI=1S/C11H21BrN2O2/c1-7(2)9(12)10(16)13-6-8(15)14-11(3,4)5/h7,9H,6H2,1-5H3,(H,13,16)(H,14,15). The lowest BCUT2D eigenvalue weighted by Gasteiger charge is -2.21. The van der Waals surface area contributed by atoms with Crippen LogP contribution < -0.4 is 10.6 Å². The zero-order valence-corrected chi connectivity index (χ0v) is 12.1. The topological polar surface area (TPSA) is 58.2 Å². The lowest BCUT2D eigenvalue weighted by molar-refractivity contribution is -0.126. The Morgan fingerprint density at radius 1 is 1.25 bits per heavy atom. The van der Waals surface area contributed by atoms with Crippen molar-refractivity contribution < 1.29 is 9.59 Å². The van der Waals surface area contributed by atoms with Gasteiger partial charge in [-0.25, -0.2) is 0 Å². The number of alkyl halides is 1. The van der Waals surface area contributed by atoms with E-state index in [9.17, 15) is 9.59 Å². The number of hydrogen-bond donors (Lipinski definition) is 2. The Balaban J connectivity index is 3.98. The van der Waals surface area contributed by atoms with Gasteiger partial charge in [0.15, 0.2) is 0 Å². The van der Waals surface area contributed by atoms with Crippen LogP contribution in [-0.4, -0.2) is 28.7 Å². The smallest absolute Gasteiger partial charge is 0.239 e. The molecule has 0 radical (unpaired) electrons. The first-order valence-corrected chi connectivity index (χ1v) is 6.28. The number of hydrogen-bond acceptors (Lipinski definition) is 2. The highest BCUT2D eigenvalue weighted by atomic mass is 79.9. The number of halogens is 1. The summed E-state index contributed by atoms with van der Waals surface area (Å²) in [5.41, 5.74) is -0.270. The van der Waals surface area contributed by atoms with E-state index in [4.69, 9.17) is 0 Å². The van der Waals surface area contributed by atoms with Crippen molar-refractivity contribution >= 4 is 27.7 Å². The van der Waals surface area contributed by atoms with Crippen LogP contribution in [0.4, 0.5) is 0 Å². The molecule has 0 aliphatic heterocycles. The normalized spacial score (nSPS) is 13.4. The van der Waals surface area contributed by atoms with E-state index in [1.165, 1.54) is 0 Å². The zero-order chi connectivity index (χ0) is 12.9. The van der Waals surface area contributed by atoms with Gasteiger partial charge in [-0.05, 0) is 26.7 Å². The molecule has 4 nitrogen and oxygen atoms in total. The Labute approximate surface area is 106 Å². The predicted molar refractivity (Wildman–Crippen MR) is 68.5 cm³/mol. The maximum absolute atomic E-state index is 11.5. The molecule has 0 saturated carbocycles. The summed E-state index contributed by atoms with van der Waals surface area (Å²) in [6.45, 7) is 9.59. The van der Waals surface area contributed by atoms with E-state index in [2.05, 4.69) is 26.6 Å². The lowest BCUT2D eigenvalue weighted by atomic mass is 10.1. The molecule has 0 saturated heterocycles. The Kier molecular flexibility index (Phi) is 6.00. The third kappa shape index (κ3) is 6.82. The molecule has 2 amide bonds. The Morgan fingerprint density at radius 3 is 2.12 bits per heavy atom. The van der Waals surface area contributed by atoms with Crippen molar-refractivity contribution in [1.82, 2.24) is 10.6 Å². The van der Waals surface area contributed by atoms with E-state index >= 15 is 0 Å². The second-order valence-corrected chi connectivity index (χ2v) is 6.15. The van der Waals surface area contributed by atoms with Gasteiger partial charge in [0.2, 0.25) is 11.8 Å². The Bertz CT molecular complexity index is 259. The fraction of sp³-hybridized carbons (Fsp3) is 0.818. The molecule has 0 bridgehead atoms.